The zero-order valence-corrected chi connectivity index (χ0v) is 12.1. The van der Waals surface area contributed by atoms with Crippen LogP contribution in [0.3, 0.4) is 0 Å². The van der Waals surface area contributed by atoms with Crippen LogP contribution in [0.15, 0.2) is 11.1 Å². The third kappa shape index (κ3) is 1.86. The second-order valence-corrected chi connectivity index (χ2v) is 7.25. The Morgan fingerprint density at radius 3 is 2.80 bits per heavy atom. The summed E-state index contributed by atoms with van der Waals surface area (Å²) in [6.45, 7) is 1.12. The molecule has 0 radical (unpaired) electrons. The zero-order chi connectivity index (χ0) is 13.7. The zero-order valence-electron chi connectivity index (χ0n) is 12.1. The highest BCUT2D eigenvalue weighted by molar-refractivity contribution is 5.75. The molecule has 4 rings (SSSR count). The molecule has 110 valence electrons. The number of nitrogens with one attached hydrogen (secondary N) is 1. The number of carboxylic acids is 1. The summed E-state index contributed by atoms with van der Waals surface area (Å²) in [5.41, 5.74) is 2.97. The van der Waals surface area contributed by atoms with Gasteiger partial charge in [0.25, 0.3) is 0 Å². The molecule has 0 bridgehead atoms. The smallest absolute Gasteiger partial charge is 0.310 e. The fraction of sp³-hybridized carbons (Fsp3) is 0.824. The number of hydrogen-bond donors (Lipinski definition) is 2. The monoisotopic (exact) mass is 275 g/mol. The number of carboxylic acid groups (broad SMARTS) is 1. The van der Waals surface area contributed by atoms with Gasteiger partial charge in [-0.1, -0.05) is 17.6 Å². The highest BCUT2D eigenvalue weighted by Gasteiger charge is 2.47. The van der Waals surface area contributed by atoms with Crippen molar-refractivity contribution in [1.29, 1.82) is 0 Å². The first-order chi connectivity index (χ1) is 9.75. The maximum atomic E-state index is 11.8. The molecule has 3 nitrogen and oxygen atoms in total. The first kappa shape index (κ1) is 12.9. The lowest BCUT2D eigenvalue weighted by molar-refractivity contribution is -0.141. The van der Waals surface area contributed by atoms with Crippen LogP contribution >= 0.6 is 0 Å². The van der Waals surface area contributed by atoms with Gasteiger partial charge in [-0.05, 0) is 69.2 Å². The summed E-state index contributed by atoms with van der Waals surface area (Å²) in [5.74, 6) is 1.20. The van der Waals surface area contributed by atoms with Gasteiger partial charge in [0.05, 0.1) is 5.92 Å². The lowest BCUT2D eigenvalue weighted by Crippen LogP contribution is -2.48. The van der Waals surface area contributed by atoms with E-state index in [1.54, 1.807) is 5.57 Å². The summed E-state index contributed by atoms with van der Waals surface area (Å²) in [6, 6.07) is 0.558. The Morgan fingerprint density at radius 1 is 1.10 bits per heavy atom. The molecule has 5 unspecified atom stereocenters. The summed E-state index contributed by atoms with van der Waals surface area (Å²) in [6.07, 6.45) is 9.62. The summed E-state index contributed by atoms with van der Waals surface area (Å²) < 4.78 is 0. The number of piperidine rings is 1. The van der Waals surface area contributed by atoms with Gasteiger partial charge in [0, 0.05) is 6.04 Å². The van der Waals surface area contributed by atoms with E-state index < -0.39 is 5.97 Å². The summed E-state index contributed by atoms with van der Waals surface area (Å²) in [4.78, 5) is 11.8. The van der Waals surface area contributed by atoms with Crippen molar-refractivity contribution in [2.75, 3.05) is 6.54 Å². The number of allylic oxidation sites excluding steroid dienone is 1. The van der Waals surface area contributed by atoms with Gasteiger partial charge < -0.3 is 10.4 Å². The van der Waals surface area contributed by atoms with Gasteiger partial charge in [-0.15, -0.1) is 0 Å². The van der Waals surface area contributed by atoms with Crippen molar-refractivity contribution < 1.29 is 9.90 Å². The number of aliphatic carboxylic acids is 1. The van der Waals surface area contributed by atoms with E-state index in [2.05, 4.69) is 5.32 Å². The molecule has 3 heteroatoms. The molecule has 20 heavy (non-hydrogen) atoms. The molecule has 3 aliphatic carbocycles. The molecular weight excluding hydrogens is 250 g/mol. The van der Waals surface area contributed by atoms with Crippen molar-refractivity contribution in [3.8, 4) is 0 Å². The van der Waals surface area contributed by atoms with Gasteiger partial charge in [-0.3, -0.25) is 4.79 Å². The summed E-state index contributed by atoms with van der Waals surface area (Å²) in [7, 11) is 0. The Labute approximate surface area is 120 Å². The molecule has 1 saturated carbocycles. The average molecular weight is 275 g/mol. The van der Waals surface area contributed by atoms with Crippen LogP contribution < -0.4 is 5.32 Å². The molecule has 2 N–H and O–H groups in total. The van der Waals surface area contributed by atoms with Gasteiger partial charge in [0.15, 0.2) is 0 Å². The minimum atomic E-state index is -0.561. The quantitative estimate of drug-likeness (QED) is 0.723. The molecule has 1 aliphatic heterocycles. The lowest BCUT2D eigenvalue weighted by Gasteiger charge is -2.46. The van der Waals surface area contributed by atoms with Crippen molar-refractivity contribution in [3.05, 3.63) is 11.1 Å². The summed E-state index contributed by atoms with van der Waals surface area (Å²) in [5, 5.41) is 13.4. The van der Waals surface area contributed by atoms with E-state index >= 15 is 0 Å². The van der Waals surface area contributed by atoms with Gasteiger partial charge in [-0.2, -0.15) is 0 Å². The summed E-state index contributed by atoms with van der Waals surface area (Å²) >= 11 is 0. The van der Waals surface area contributed by atoms with Crippen LogP contribution in [0.1, 0.15) is 51.4 Å². The first-order valence-electron chi connectivity index (χ1n) is 8.44. The van der Waals surface area contributed by atoms with Crippen LogP contribution in [-0.2, 0) is 4.79 Å². The minimum absolute atomic E-state index is 0.169. The fourth-order valence-corrected chi connectivity index (χ4v) is 5.64. The maximum absolute atomic E-state index is 11.8. The molecule has 1 saturated heterocycles. The van der Waals surface area contributed by atoms with E-state index in [0.29, 0.717) is 17.9 Å². The maximum Gasteiger partial charge on any atom is 0.310 e. The molecule has 0 aromatic heterocycles. The molecular formula is C17H25NO2. The van der Waals surface area contributed by atoms with E-state index in [-0.39, 0.29) is 5.92 Å². The highest BCUT2D eigenvalue weighted by atomic mass is 16.4. The van der Waals surface area contributed by atoms with Crippen LogP contribution in [0.25, 0.3) is 0 Å². The van der Waals surface area contributed by atoms with E-state index in [1.165, 1.54) is 44.1 Å². The Hall–Kier alpha value is -0.830. The van der Waals surface area contributed by atoms with E-state index in [0.717, 1.165) is 25.3 Å². The number of fused-ring (bicyclic) bond motifs is 4. The first-order valence-corrected chi connectivity index (χ1v) is 8.44. The van der Waals surface area contributed by atoms with Crippen LogP contribution in [0.4, 0.5) is 0 Å². The standard InChI is InChI=1S/C17H25NO2/c19-17(20)14-9-10-3-1-4-11(10)12-6-7-15-13(16(12)14)5-2-8-18-15/h10-11,13-15,18H,1-9H2,(H,19,20). The second-order valence-electron chi connectivity index (χ2n) is 7.25. The molecule has 0 aromatic carbocycles. The van der Waals surface area contributed by atoms with Crippen molar-refractivity contribution in [2.24, 2.45) is 23.7 Å². The molecule has 0 spiro atoms. The van der Waals surface area contributed by atoms with Crippen LogP contribution in [0.5, 0.6) is 0 Å². The fourth-order valence-electron chi connectivity index (χ4n) is 5.64. The van der Waals surface area contributed by atoms with Crippen LogP contribution in [0.2, 0.25) is 0 Å². The van der Waals surface area contributed by atoms with Crippen molar-refractivity contribution in [2.45, 2.75) is 57.4 Å². The Morgan fingerprint density at radius 2 is 1.95 bits per heavy atom. The molecule has 2 fully saturated rings. The number of rotatable bonds is 1. The minimum Gasteiger partial charge on any atom is -0.481 e. The normalized spacial score (nSPS) is 43.7. The van der Waals surface area contributed by atoms with Gasteiger partial charge in [0.2, 0.25) is 0 Å². The third-order valence-corrected chi connectivity index (χ3v) is 6.40. The van der Waals surface area contributed by atoms with Crippen molar-refractivity contribution in [3.63, 3.8) is 0 Å². The Balaban J connectivity index is 1.76. The predicted molar refractivity (Wildman–Crippen MR) is 77.3 cm³/mol. The Bertz CT molecular complexity index is 456. The van der Waals surface area contributed by atoms with Crippen molar-refractivity contribution in [1.82, 2.24) is 5.32 Å². The predicted octanol–water partition coefficient (Wildman–Crippen LogP) is 2.97. The third-order valence-electron chi connectivity index (χ3n) is 6.40. The van der Waals surface area contributed by atoms with E-state index in [9.17, 15) is 9.90 Å². The number of carbonyl (C=O) groups is 1. The SMILES string of the molecule is O=C(O)C1CC2CCCC2C2=C1C1CCCNC1CC2. The molecule has 5 atom stereocenters. The molecule has 4 aliphatic rings. The van der Waals surface area contributed by atoms with Gasteiger partial charge in [-0.25, -0.2) is 0 Å². The van der Waals surface area contributed by atoms with E-state index in [1.807, 2.05) is 0 Å². The lowest BCUT2D eigenvalue weighted by atomic mass is 9.61. The largest absolute Gasteiger partial charge is 0.481 e. The second kappa shape index (κ2) is 4.87. The Kier molecular flexibility index (Phi) is 3.13. The molecule has 0 aromatic rings. The van der Waals surface area contributed by atoms with E-state index in [4.69, 9.17) is 0 Å². The topological polar surface area (TPSA) is 49.3 Å². The average Bonchev–Trinajstić information content (AvgIpc) is 2.94. The van der Waals surface area contributed by atoms with Crippen molar-refractivity contribution >= 4 is 5.97 Å². The van der Waals surface area contributed by atoms with Crippen LogP contribution in [0, 0.1) is 23.7 Å². The molecule has 0 amide bonds. The number of hydrogen-bond acceptors (Lipinski definition) is 2. The molecule has 1 heterocycles. The van der Waals surface area contributed by atoms with Gasteiger partial charge in [0.1, 0.15) is 0 Å². The van der Waals surface area contributed by atoms with Gasteiger partial charge >= 0.3 is 5.97 Å². The van der Waals surface area contributed by atoms with Crippen LogP contribution in [-0.4, -0.2) is 23.7 Å². The highest BCUT2D eigenvalue weighted by Crippen LogP contribution is 2.54.